The van der Waals surface area contributed by atoms with Crippen molar-refractivity contribution in [2.45, 2.75) is 19.4 Å². The molecule has 0 heterocycles. The van der Waals surface area contributed by atoms with Gasteiger partial charge in [0.15, 0.2) is 11.6 Å². The molecule has 0 aliphatic carbocycles. The molecule has 1 nitrogen and oxygen atoms in total. The van der Waals surface area contributed by atoms with Crippen molar-refractivity contribution >= 4 is 12.4 Å². The van der Waals surface area contributed by atoms with Crippen molar-refractivity contribution in [1.82, 2.24) is 0 Å². The largest absolute Gasteiger partial charge is 0.324 e. The van der Waals surface area contributed by atoms with Gasteiger partial charge in [0.25, 0.3) is 0 Å². The molecule has 1 atom stereocenters. The first-order valence-electron chi connectivity index (χ1n) is 3.96. The summed E-state index contributed by atoms with van der Waals surface area (Å²) in [5.74, 6) is -3.06. The van der Waals surface area contributed by atoms with Gasteiger partial charge in [-0.15, -0.1) is 12.4 Å². The Morgan fingerprint density at radius 2 is 1.64 bits per heavy atom. The van der Waals surface area contributed by atoms with Crippen LogP contribution in [0.15, 0.2) is 12.1 Å². The van der Waals surface area contributed by atoms with Crippen LogP contribution in [-0.2, 0) is 0 Å². The van der Waals surface area contributed by atoms with Crippen LogP contribution in [-0.4, -0.2) is 0 Å². The fraction of sp³-hybridized carbons (Fsp3) is 0.333. The van der Waals surface area contributed by atoms with Crippen LogP contribution in [0.5, 0.6) is 0 Å². The molecule has 5 heteroatoms. The first-order valence-corrected chi connectivity index (χ1v) is 3.96. The molecule has 80 valence electrons. The van der Waals surface area contributed by atoms with Crippen LogP contribution >= 0.6 is 12.4 Å². The van der Waals surface area contributed by atoms with Crippen molar-refractivity contribution in [3.8, 4) is 0 Å². The third-order valence-electron chi connectivity index (χ3n) is 1.88. The maximum Gasteiger partial charge on any atom is 0.161 e. The van der Waals surface area contributed by atoms with E-state index in [0.29, 0.717) is 12.5 Å². The smallest absolute Gasteiger partial charge is 0.161 e. The Morgan fingerprint density at radius 1 is 1.14 bits per heavy atom. The van der Waals surface area contributed by atoms with Crippen molar-refractivity contribution in [1.29, 1.82) is 0 Å². The molecule has 0 aromatic heterocycles. The summed E-state index contributed by atoms with van der Waals surface area (Å²) < 4.78 is 38.1. The average molecular weight is 226 g/mol. The van der Waals surface area contributed by atoms with Gasteiger partial charge < -0.3 is 5.73 Å². The number of benzene rings is 1. The van der Waals surface area contributed by atoms with Gasteiger partial charge in [-0.05, 0) is 12.5 Å². The van der Waals surface area contributed by atoms with Crippen LogP contribution in [0.4, 0.5) is 13.2 Å². The molecule has 14 heavy (non-hydrogen) atoms. The predicted molar refractivity (Wildman–Crippen MR) is 50.8 cm³/mol. The van der Waals surface area contributed by atoms with Crippen molar-refractivity contribution in [3.63, 3.8) is 0 Å². The molecule has 0 aliphatic rings. The van der Waals surface area contributed by atoms with E-state index >= 15 is 0 Å². The third kappa shape index (κ3) is 2.62. The highest BCUT2D eigenvalue weighted by Crippen LogP contribution is 2.20. The van der Waals surface area contributed by atoms with Gasteiger partial charge >= 0.3 is 0 Å². The lowest BCUT2D eigenvalue weighted by atomic mass is 10.0. The molecule has 0 saturated heterocycles. The second kappa shape index (κ2) is 5.22. The van der Waals surface area contributed by atoms with Crippen molar-refractivity contribution in [2.24, 2.45) is 5.73 Å². The normalized spacial score (nSPS) is 12.1. The molecule has 0 fully saturated rings. The minimum Gasteiger partial charge on any atom is -0.324 e. The minimum absolute atomic E-state index is 0. The summed E-state index contributed by atoms with van der Waals surface area (Å²) in [6, 6.07) is 0.731. The summed E-state index contributed by atoms with van der Waals surface area (Å²) in [5.41, 5.74) is 5.50. The number of halogens is 4. The van der Waals surface area contributed by atoms with Gasteiger partial charge in [-0.3, -0.25) is 0 Å². The van der Waals surface area contributed by atoms with Crippen molar-refractivity contribution in [3.05, 3.63) is 35.1 Å². The Balaban J connectivity index is 0.00000169. The number of nitrogens with two attached hydrogens (primary N) is 1. The number of hydrogen-bond acceptors (Lipinski definition) is 1. The lowest BCUT2D eigenvalue weighted by Crippen LogP contribution is -2.11. The quantitative estimate of drug-likeness (QED) is 0.770. The summed E-state index contributed by atoms with van der Waals surface area (Å²) >= 11 is 0. The SMILES string of the molecule is CC[C@@H](N)c1cc(F)c(F)cc1F.Cl. The molecule has 0 spiro atoms. The summed E-state index contributed by atoms with van der Waals surface area (Å²) in [6.07, 6.45) is 0.474. The van der Waals surface area contributed by atoms with Crippen LogP contribution < -0.4 is 5.73 Å². The van der Waals surface area contributed by atoms with Gasteiger partial charge in [-0.2, -0.15) is 0 Å². The van der Waals surface area contributed by atoms with Gasteiger partial charge in [0.2, 0.25) is 0 Å². The lowest BCUT2D eigenvalue weighted by Gasteiger charge is -2.10. The summed E-state index contributed by atoms with van der Waals surface area (Å²) in [5, 5.41) is 0. The van der Waals surface area contributed by atoms with E-state index in [9.17, 15) is 13.2 Å². The van der Waals surface area contributed by atoms with Gasteiger partial charge in [-0.1, -0.05) is 6.92 Å². The second-order valence-corrected chi connectivity index (χ2v) is 2.80. The van der Waals surface area contributed by atoms with E-state index in [1.165, 1.54) is 0 Å². The van der Waals surface area contributed by atoms with E-state index in [1.54, 1.807) is 6.92 Å². The van der Waals surface area contributed by atoms with E-state index in [1.807, 2.05) is 0 Å². The van der Waals surface area contributed by atoms with E-state index in [-0.39, 0.29) is 18.0 Å². The first-order chi connectivity index (χ1) is 6.06. The number of hydrogen-bond donors (Lipinski definition) is 1. The van der Waals surface area contributed by atoms with Gasteiger partial charge in [0.05, 0.1) is 0 Å². The Labute approximate surface area is 86.5 Å². The fourth-order valence-corrected chi connectivity index (χ4v) is 1.04. The molecule has 1 rings (SSSR count). The topological polar surface area (TPSA) is 26.0 Å². The Morgan fingerprint density at radius 3 is 2.14 bits per heavy atom. The predicted octanol–water partition coefficient (Wildman–Crippen LogP) is 2.94. The van der Waals surface area contributed by atoms with Gasteiger partial charge in [0.1, 0.15) is 5.82 Å². The standard InChI is InChI=1S/C9H10F3N.ClH/c1-2-9(13)5-3-7(11)8(12)4-6(5)10;/h3-4,9H,2,13H2,1H3;1H/t9-;/m1./s1. The molecule has 0 bridgehead atoms. The van der Waals surface area contributed by atoms with Crippen LogP contribution in [0, 0.1) is 17.5 Å². The Kier molecular flexibility index (Phi) is 4.94. The molecule has 0 aliphatic heterocycles. The highest BCUT2D eigenvalue weighted by atomic mass is 35.5. The molecule has 2 N–H and O–H groups in total. The van der Waals surface area contributed by atoms with E-state index < -0.39 is 23.5 Å². The minimum atomic E-state index is -1.19. The van der Waals surface area contributed by atoms with Crippen LogP contribution in [0.25, 0.3) is 0 Å². The van der Waals surface area contributed by atoms with E-state index in [0.717, 1.165) is 6.07 Å². The maximum atomic E-state index is 13.0. The van der Waals surface area contributed by atoms with Gasteiger partial charge in [0, 0.05) is 17.7 Å². The van der Waals surface area contributed by atoms with Crippen LogP contribution in [0.3, 0.4) is 0 Å². The van der Waals surface area contributed by atoms with Crippen molar-refractivity contribution in [2.75, 3.05) is 0 Å². The average Bonchev–Trinajstić information content (AvgIpc) is 2.10. The Hall–Kier alpha value is -0.740. The molecule has 0 amide bonds. The Bertz CT molecular complexity index is 317. The maximum absolute atomic E-state index is 13.0. The van der Waals surface area contributed by atoms with Crippen LogP contribution in [0.2, 0.25) is 0 Å². The molecule has 0 unspecified atom stereocenters. The summed E-state index contributed by atoms with van der Waals surface area (Å²) in [7, 11) is 0. The molecular formula is C9H11ClF3N. The highest BCUT2D eigenvalue weighted by Gasteiger charge is 2.13. The van der Waals surface area contributed by atoms with E-state index in [4.69, 9.17) is 5.73 Å². The zero-order valence-electron chi connectivity index (χ0n) is 7.56. The molecule has 0 radical (unpaired) electrons. The molecule has 1 aromatic rings. The lowest BCUT2D eigenvalue weighted by molar-refractivity contribution is 0.483. The van der Waals surface area contributed by atoms with Crippen LogP contribution in [0.1, 0.15) is 24.9 Å². The van der Waals surface area contributed by atoms with E-state index in [2.05, 4.69) is 0 Å². The molecule has 0 saturated carbocycles. The molecule has 1 aromatic carbocycles. The summed E-state index contributed by atoms with van der Waals surface area (Å²) in [4.78, 5) is 0. The van der Waals surface area contributed by atoms with Gasteiger partial charge in [-0.25, -0.2) is 13.2 Å². The number of rotatable bonds is 2. The monoisotopic (exact) mass is 225 g/mol. The van der Waals surface area contributed by atoms with Crippen molar-refractivity contribution < 1.29 is 13.2 Å². The summed E-state index contributed by atoms with van der Waals surface area (Å²) in [6.45, 7) is 1.74. The third-order valence-corrected chi connectivity index (χ3v) is 1.88. The first kappa shape index (κ1) is 13.3. The second-order valence-electron chi connectivity index (χ2n) is 2.80. The highest BCUT2D eigenvalue weighted by molar-refractivity contribution is 5.85. The fourth-order valence-electron chi connectivity index (χ4n) is 1.04. The zero-order chi connectivity index (χ0) is 10.0. The molecular weight excluding hydrogens is 215 g/mol. The zero-order valence-corrected chi connectivity index (χ0v) is 8.38.